The number of likely N-dealkylation sites (N-methyl/N-ethyl adjacent to an activating group) is 1. The molecule has 2 amide bonds. The monoisotopic (exact) mass is 380 g/mol. The molecule has 1 fully saturated rings. The number of likely N-dealkylation sites (tertiary alicyclic amines) is 1. The second-order valence-corrected chi connectivity index (χ2v) is 6.93. The normalized spacial score (nSPS) is 17.3. The number of amides is 2. The fourth-order valence-corrected chi connectivity index (χ4v) is 3.32. The first kappa shape index (κ1) is 19.6. The number of nitrogens with zero attached hydrogens (tertiary/aromatic N) is 2. The van der Waals surface area contributed by atoms with E-state index in [1.54, 1.807) is 24.1 Å². The van der Waals surface area contributed by atoms with E-state index in [4.69, 9.17) is 4.74 Å². The van der Waals surface area contributed by atoms with Crippen LogP contribution in [0.3, 0.4) is 0 Å². The largest absolute Gasteiger partial charge is 0.455 e. The van der Waals surface area contributed by atoms with Crippen LogP contribution in [0, 0.1) is 5.92 Å². The Morgan fingerprint density at radius 3 is 2.36 bits per heavy atom. The van der Waals surface area contributed by atoms with Crippen LogP contribution in [-0.2, 0) is 19.1 Å². The highest BCUT2D eigenvalue weighted by Gasteiger charge is 2.38. The topological polar surface area (TPSA) is 66.9 Å². The first-order valence-corrected chi connectivity index (χ1v) is 9.30. The van der Waals surface area contributed by atoms with E-state index in [1.807, 2.05) is 55.5 Å². The third-order valence-electron chi connectivity index (χ3n) is 5.10. The van der Waals surface area contributed by atoms with Gasteiger partial charge in [-0.25, -0.2) is 0 Å². The van der Waals surface area contributed by atoms with Crippen LogP contribution in [0.5, 0.6) is 0 Å². The summed E-state index contributed by atoms with van der Waals surface area (Å²) < 4.78 is 5.20. The van der Waals surface area contributed by atoms with E-state index >= 15 is 0 Å². The quantitative estimate of drug-likeness (QED) is 0.723. The summed E-state index contributed by atoms with van der Waals surface area (Å²) in [5.41, 5.74) is 1.74. The molecule has 0 spiro atoms. The van der Waals surface area contributed by atoms with Crippen LogP contribution in [0.2, 0.25) is 0 Å². The molecule has 6 nitrogen and oxygen atoms in total. The summed E-state index contributed by atoms with van der Waals surface area (Å²) in [6.45, 7) is 1.90. The zero-order chi connectivity index (χ0) is 20.1. The lowest BCUT2D eigenvalue weighted by molar-refractivity contribution is -0.151. The first-order chi connectivity index (χ1) is 13.5. The fraction of sp³-hybridized carbons (Fsp3) is 0.318. The van der Waals surface area contributed by atoms with Gasteiger partial charge in [-0.1, -0.05) is 48.5 Å². The molecule has 146 valence electrons. The first-order valence-electron chi connectivity index (χ1n) is 9.30. The Labute approximate surface area is 164 Å². The average molecular weight is 380 g/mol. The molecule has 0 aliphatic carbocycles. The van der Waals surface area contributed by atoms with Crippen molar-refractivity contribution in [2.75, 3.05) is 25.1 Å². The van der Waals surface area contributed by atoms with Gasteiger partial charge in [0.05, 0.1) is 12.0 Å². The number of ether oxygens (including phenoxy) is 1. The summed E-state index contributed by atoms with van der Waals surface area (Å²) in [7, 11) is 1.63. The standard InChI is InChI=1S/C22H24N2O4/c1-16(17-9-5-3-6-10-17)24-14-18(13-20(24)25)22(27)28-15-21(26)23(2)19-11-7-4-8-12-19/h3-12,16,18H,13-15H2,1-2H3/t16-,18+/m0/s1. The minimum Gasteiger partial charge on any atom is -0.455 e. The van der Waals surface area contributed by atoms with Crippen LogP contribution in [0.4, 0.5) is 5.69 Å². The molecule has 2 atom stereocenters. The molecule has 0 aromatic heterocycles. The Balaban J connectivity index is 1.54. The van der Waals surface area contributed by atoms with E-state index in [2.05, 4.69) is 0 Å². The van der Waals surface area contributed by atoms with Gasteiger partial charge in [-0.15, -0.1) is 0 Å². The van der Waals surface area contributed by atoms with Crippen LogP contribution in [0.25, 0.3) is 0 Å². The maximum atomic E-state index is 12.4. The molecule has 0 saturated carbocycles. The lowest BCUT2D eigenvalue weighted by Gasteiger charge is -2.25. The molecule has 1 saturated heterocycles. The molecule has 1 aliphatic rings. The second-order valence-electron chi connectivity index (χ2n) is 6.93. The maximum absolute atomic E-state index is 12.4. The molecule has 6 heteroatoms. The van der Waals surface area contributed by atoms with Gasteiger partial charge in [-0.2, -0.15) is 0 Å². The van der Waals surface area contributed by atoms with Gasteiger partial charge in [0, 0.05) is 25.7 Å². The number of anilines is 1. The molecule has 1 heterocycles. The highest BCUT2D eigenvalue weighted by molar-refractivity contribution is 5.95. The van der Waals surface area contributed by atoms with Gasteiger partial charge in [0.1, 0.15) is 0 Å². The predicted molar refractivity (Wildman–Crippen MR) is 105 cm³/mol. The molecule has 2 aromatic rings. The van der Waals surface area contributed by atoms with Crippen LogP contribution < -0.4 is 4.90 Å². The highest BCUT2D eigenvalue weighted by Crippen LogP contribution is 2.29. The molecule has 28 heavy (non-hydrogen) atoms. The van der Waals surface area contributed by atoms with E-state index in [9.17, 15) is 14.4 Å². The van der Waals surface area contributed by atoms with Gasteiger partial charge in [0.25, 0.3) is 5.91 Å². The zero-order valence-electron chi connectivity index (χ0n) is 16.1. The summed E-state index contributed by atoms with van der Waals surface area (Å²) in [6.07, 6.45) is 0.110. The Morgan fingerprint density at radius 1 is 1.11 bits per heavy atom. The summed E-state index contributed by atoms with van der Waals surface area (Å²) >= 11 is 0. The van der Waals surface area contributed by atoms with E-state index in [0.29, 0.717) is 6.54 Å². The molecule has 0 unspecified atom stereocenters. The summed E-state index contributed by atoms with van der Waals surface area (Å²) in [4.78, 5) is 40.2. The maximum Gasteiger partial charge on any atom is 0.311 e. The predicted octanol–water partition coefficient (Wildman–Crippen LogP) is 2.80. The van der Waals surface area contributed by atoms with Gasteiger partial charge >= 0.3 is 5.97 Å². The van der Waals surface area contributed by atoms with Crippen molar-refractivity contribution in [1.29, 1.82) is 0 Å². The van der Waals surface area contributed by atoms with Crippen molar-refractivity contribution in [3.8, 4) is 0 Å². The smallest absolute Gasteiger partial charge is 0.311 e. The van der Waals surface area contributed by atoms with E-state index in [0.717, 1.165) is 11.3 Å². The third kappa shape index (κ3) is 4.39. The molecule has 0 radical (unpaired) electrons. The Bertz CT molecular complexity index is 838. The van der Waals surface area contributed by atoms with Gasteiger partial charge in [-0.05, 0) is 24.6 Å². The molecular weight excluding hydrogens is 356 g/mol. The average Bonchev–Trinajstić information content (AvgIpc) is 3.13. The lowest BCUT2D eigenvalue weighted by Crippen LogP contribution is -2.33. The number of carbonyl (C=O) groups is 3. The molecule has 3 rings (SSSR count). The number of benzene rings is 2. The molecule has 1 aliphatic heterocycles. The van der Waals surface area contributed by atoms with E-state index in [1.165, 1.54) is 4.90 Å². The second kappa shape index (κ2) is 8.69. The third-order valence-corrected chi connectivity index (χ3v) is 5.10. The van der Waals surface area contributed by atoms with Gasteiger partial charge in [-0.3, -0.25) is 14.4 Å². The number of hydrogen-bond donors (Lipinski definition) is 0. The number of rotatable bonds is 6. The van der Waals surface area contributed by atoms with Gasteiger partial charge < -0.3 is 14.5 Å². The number of hydrogen-bond acceptors (Lipinski definition) is 4. The molecule has 0 N–H and O–H groups in total. The Kier molecular flexibility index (Phi) is 6.09. The fourth-order valence-electron chi connectivity index (χ4n) is 3.32. The van der Waals surface area contributed by atoms with Crippen molar-refractivity contribution in [2.45, 2.75) is 19.4 Å². The Hall–Kier alpha value is -3.15. The van der Waals surface area contributed by atoms with Crippen LogP contribution in [0.1, 0.15) is 24.9 Å². The van der Waals surface area contributed by atoms with Crippen molar-refractivity contribution >= 4 is 23.5 Å². The molecule has 0 bridgehead atoms. The SMILES string of the molecule is C[C@@H](c1ccccc1)N1C[C@H](C(=O)OCC(=O)N(C)c2ccccc2)CC1=O. The minimum atomic E-state index is -0.548. The minimum absolute atomic E-state index is 0.0777. The molecule has 2 aromatic carbocycles. The summed E-state index contributed by atoms with van der Waals surface area (Å²) in [6, 6.07) is 18.7. The number of carbonyl (C=O) groups excluding carboxylic acids is 3. The molecular formula is C22H24N2O4. The van der Waals surface area contributed by atoms with Crippen molar-refractivity contribution in [3.05, 3.63) is 66.2 Å². The van der Waals surface area contributed by atoms with Crippen molar-refractivity contribution < 1.29 is 19.1 Å². The van der Waals surface area contributed by atoms with Crippen LogP contribution in [-0.4, -0.2) is 42.9 Å². The van der Waals surface area contributed by atoms with Crippen molar-refractivity contribution in [3.63, 3.8) is 0 Å². The highest BCUT2D eigenvalue weighted by atomic mass is 16.5. The summed E-state index contributed by atoms with van der Waals surface area (Å²) in [5.74, 6) is -1.45. The van der Waals surface area contributed by atoms with Crippen molar-refractivity contribution in [1.82, 2.24) is 4.90 Å². The number of para-hydroxylation sites is 1. The Morgan fingerprint density at radius 2 is 1.71 bits per heavy atom. The lowest BCUT2D eigenvalue weighted by atomic mass is 10.1. The van der Waals surface area contributed by atoms with Gasteiger partial charge in [0.15, 0.2) is 6.61 Å². The van der Waals surface area contributed by atoms with Crippen LogP contribution in [0.15, 0.2) is 60.7 Å². The van der Waals surface area contributed by atoms with Crippen molar-refractivity contribution in [2.24, 2.45) is 5.92 Å². The van der Waals surface area contributed by atoms with Crippen LogP contribution >= 0.6 is 0 Å². The van der Waals surface area contributed by atoms with E-state index < -0.39 is 11.9 Å². The van der Waals surface area contributed by atoms with E-state index in [-0.39, 0.29) is 30.9 Å². The summed E-state index contributed by atoms with van der Waals surface area (Å²) in [5, 5.41) is 0. The number of esters is 1. The van der Waals surface area contributed by atoms with Gasteiger partial charge in [0.2, 0.25) is 5.91 Å². The zero-order valence-corrected chi connectivity index (χ0v) is 16.1.